The summed E-state index contributed by atoms with van der Waals surface area (Å²) < 4.78 is 0. The number of ketones is 1. The molecule has 4 unspecified atom stereocenters. The molecule has 0 heterocycles. The maximum Gasteiger partial charge on any atom is 0.149 e. The zero-order chi connectivity index (χ0) is 11.1. The average molecular weight is 205 g/mol. The standard InChI is InChI=1S/C13H19NO/c1-9(15)13(2,8-14)7-12-6-10-3-4-11(12)5-10/h10-12H,3-7H2,1-2H3. The van der Waals surface area contributed by atoms with E-state index < -0.39 is 5.41 Å². The number of Topliss-reactive ketones (excluding diaryl/α,β-unsaturated/α-hetero) is 1. The lowest BCUT2D eigenvalue weighted by Gasteiger charge is -2.28. The maximum absolute atomic E-state index is 11.5. The highest BCUT2D eigenvalue weighted by atomic mass is 16.1. The molecule has 0 radical (unpaired) electrons. The van der Waals surface area contributed by atoms with E-state index in [4.69, 9.17) is 5.26 Å². The molecule has 2 nitrogen and oxygen atoms in total. The number of hydrogen-bond donors (Lipinski definition) is 0. The molecule has 2 saturated carbocycles. The average Bonchev–Trinajstić information content (AvgIpc) is 2.78. The van der Waals surface area contributed by atoms with Gasteiger partial charge in [-0.05, 0) is 57.3 Å². The molecular formula is C13H19NO. The fourth-order valence-corrected chi connectivity index (χ4v) is 3.42. The Balaban J connectivity index is 2.03. The maximum atomic E-state index is 11.5. The van der Waals surface area contributed by atoms with Gasteiger partial charge in [-0.2, -0.15) is 5.26 Å². The molecule has 15 heavy (non-hydrogen) atoms. The molecule has 0 aromatic heterocycles. The van der Waals surface area contributed by atoms with Crippen LogP contribution in [-0.4, -0.2) is 5.78 Å². The van der Waals surface area contributed by atoms with E-state index in [2.05, 4.69) is 6.07 Å². The van der Waals surface area contributed by atoms with Gasteiger partial charge in [0.25, 0.3) is 0 Å². The third-order valence-electron chi connectivity index (χ3n) is 4.58. The Hall–Kier alpha value is -0.840. The minimum Gasteiger partial charge on any atom is -0.298 e. The molecule has 2 bridgehead atoms. The summed E-state index contributed by atoms with van der Waals surface area (Å²) in [6.45, 7) is 3.36. The van der Waals surface area contributed by atoms with Gasteiger partial charge in [0, 0.05) is 0 Å². The van der Waals surface area contributed by atoms with Crippen LogP contribution in [-0.2, 0) is 4.79 Å². The molecule has 2 aliphatic carbocycles. The van der Waals surface area contributed by atoms with Crippen molar-refractivity contribution in [3.63, 3.8) is 0 Å². The summed E-state index contributed by atoms with van der Waals surface area (Å²) >= 11 is 0. The Morgan fingerprint density at radius 3 is 2.60 bits per heavy atom. The molecule has 2 aliphatic rings. The van der Waals surface area contributed by atoms with Crippen LogP contribution in [0.4, 0.5) is 0 Å². The molecule has 0 saturated heterocycles. The Bertz CT molecular complexity index is 317. The quantitative estimate of drug-likeness (QED) is 0.710. The number of carbonyl (C=O) groups excluding carboxylic acids is 1. The van der Waals surface area contributed by atoms with Crippen molar-refractivity contribution in [2.45, 2.75) is 46.0 Å². The lowest BCUT2D eigenvalue weighted by atomic mass is 9.74. The Kier molecular flexibility index (Phi) is 2.58. The first-order valence-corrected chi connectivity index (χ1v) is 5.97. The summed E-state index contributed by atoms with van der Waals surface area (Å²) in [4.78, 5) is 11.5. The van der Waals surface area contributed by atoms with Crippen LogP contribution >= 0.6 is 0 Å². The van der Waals surface area contributed by atoms with E-state index in [1.165, 1.54) is 25.7 Å². The molecule has 0 spiro atoms. The van der Waals surface area contributed by atoms with Crippen LogP contribution in [0.3, 0.4) is 0 Å². The van der Waals surface area contributed by atoms with Crippen LogP contribution in [0, 0.1) is 34.5 Å². The van der Waals surface area contributed by atoms with Crippen molar-refractivity contribution in [1.29, 1.82) is 5.26 Å². The molecule has 2 rings (SSSR count). The monoisotopic (exact) mass is 205 g/mol. The minimum atomic E-state index is -0.727. The van der Waals surface area contributed by atoms with Gasteiger partial charge < -0.3 is 0 Å². The number of fused-ring (bicyclic) bond motifs is 2. The van der Waals surface area contributed by atoms with Gasteiger partial charge in [-0.3, -0.25) is 4.79 Å². The van der Waals surface area contributed by atoms with Crippen LogP contribution < -0.4 is 0 Å². The third kappa shape index (κ3) is 1.80. The molecule has 0 aromatic carbocycles. The molecule has 0 amide bonds. The summed E-state index contributed by atoms with van der Waals surface area (Å²) in [6.07, 6.45) is 6.11. The van der Waals surface area contributed by atoms with Crippen molar-refractivity contribution < 1.29 is 4.79 Å². The highest BCUT2D eigenvalue weighted by Crippen LogP contribution is 2.51. The SMILES string of the molecule is CC(=O)C(C)(C#N)CC1CC2CCC1C2. The van der Waals surface area contributed by atoms with Gasteiger partial charge in [-0.15, -0.1) is 0 Å². The van der Waals surface area contributed by atoms with E-state index in [9.17, 15) is 4.79 Å². The second-order valence-corrected chi connectivity index (χ2v) is 5.64. The highest BCUT2D eigenvalue weighted by Gasteiger charge is 2.43. The normalized spacial score (nSPS) is 37.3. The first-order chi connectivity index (χ1) is 7.05. The first-order valence-electron chi connectivity index (χ1n) is 5.97. The van der Waals surface area contributed by atoms with Crippen LogP contribution in [0.15, 0.2) is 0 Å². The van der Waals surface area contributed by atoms with Gasteiger partial charge in [0.2, 0.25) is 0 Å². The van der Waals surface area contributed by atoms with Crippen LogP contribution in [0.25, 0.3) is 0 Å². The largest absolute Gasteiger partial charge is 0.298 e. The molecule has 0 N–H and O–H groups in total. The summed E-state index contributed by atoms with van der Waals surface area (Å²) in [5, 5.41) is 9.12. The lowest BCUT2D eigenvalue weighted by molar-refractivity contribution is -0.124. The summed E-state index contributed by atoms with van der Waals surface area (Å²) in [7, 11) is 0. The molecular weight excluding hydrogens is 186 g/mol. The predicted molar refractivity (Wildman–Crippen MR) is 58.0 cm³/mol. The van der Waals surface area contributed by atoms with Crippen molar-refractivity contribution in [2.24, 2.45) is 23.2 Å². The second-order valence-electron chi connectivity index (χ2n) is 5.64. The van der Waals surface area contributed by atoms with Gasteiger partial charge in [0.1, 0.15) is 11.2 Å². The molecule has 4 atom stereocenters. The van der Waals surface area contributed by atoms with Crippen molar-refractivity contribution in [1.82, 2.24) is 0 Å². The Labute approximate surface area is 91.7 Å². The molecule has 82 valence electrons. The van der Waals surface area contributed by atoms with Gasteiger partial charge >= 0.3 is 0 Å². The van der Waals surface area contributed by atoms with E-state index in [-0.39, 0.29) is 5.78 Å². The first kappa shape index (κ1) is 10.7. The van der Waals surface area contributed by atoms with E-state index in [1.54, 1.807) is 13.8 Å². The number of hydrogen-bond acceptors (Lipinski definition) is 2. The van der Waals surface area contributed by atoms with Crippen molar-refractivity contribution in [3.05, 3.63) is 0 Å². The van der Waals surface area contributed by atoms with Crippen LogP contribution in [0.1, 0.15) is 46.0 Å². The smallest absolute Gasteiger partial charge is 0.149 e. The zero-order valence-electron chi connectivity index (χ0n) is 9.62. The van der Waals surface area contributed by atoms with E-state index in [0.717, 1.165) is 18.3 Å². The second kappa shape index (κ2) is 3.63. The Morgan fingerprint density at radius 1 is 1.47 bits per heavy atom. The minimum absolute atomic E-state index is 0.0350. The topological polar surface area (TPSA) is 40.9 Å². The molecule has 2 fully saturated rings. The molecule has 0 aromatic rings. The number of nitrogens with zero attached hydrogens (tertiary/aromatic N) is 1. The van der Waals surface area contributed by atoms with Crippen molar-refractivity contribution in [3.8, 4) is 6.07 Å². The summed E-state index contributed by atoms with van der Waals surface area (Å²) in [5.74, 6) is 2.38. The summed E-state index contributed by atoms with van der Waals surface area (Å²) in [5.41, 5.74) is -0.727. The van der Waals surface area contributed by atoms with E-state index in [0.29, 0.717) is 5.92 Å². The molecule has 2 heteroatoms. The van der Waals surface area contributed by atoms with E-state index in [1.807, 2.05) is 0 Å². The number of nitriles is 1. The van der Waals surface area contributed by atoms with Gasteiger partial charge in [0.15, 0.2) is 0 Å². The van der Waals surface area contributed by atoms with Crippen molar-refractivity contribution in [2.75, 3.05) is 0 Å². The summed E-state index contributed by atoms with van der Waals surface area (Å²) in [6, 6.07) is 2.21. The Morgan fingerprint density at radius 2 is 2.20 bits per heavy atom. The van der Waals surface area contributed by atoms with Crippen LogP contribution in [0.5, 0.6) is 0 Å². The highest BCUT2D eigenvalue weighted by molar-refractivity contribution is 5.84. The van der Waals surface area contributed by atoms with Gasteiger partial charge in [-0.25, -0.2) is 0 Å². The fraction of sp³-hybridized carbons (Fsp3) is 0.846. The zero-order valence-corrected chi connectivity index (χ0v) is 9.62. The lowest BCUT2D eigenvalue weighted by Crippen LogP contribution is -2.28. The third-order valence-corrected chi connectivity index (χ3v) is 4.58. The van der Waals surface area contributed by atoms with E-state index >= 15 is 0 Å². The van der Waals surface area contributed by atoms with Gasteiger partial charge in [0.05, 0.1) is 6.07 Å². The predicted octanol–water partition coefficient (Wildman–Crippen LogP) is 2.93. The molecule has 0 aliphatic heterocycles. The fourth-order valence-electron chi connectivity index (χ4n) is 3.42. The number of rotatable bonds is 3. The van der Waals surface area contributed by atoms with Crippen molar-refractivity contribution >= 4 is 5.78 Å². The van der Waals surface area contributed by atoms with Gasteiger partial charge in [-0.1, -0.05) is 6.42 Å². The number of carbonyl (C=O) groups is 1. The van der Waals surface area contributed by atoms with Crippen LogP contribution in [0.2, 0.25) is 0 Å².